The van der Waals surface area contributed by atoms with Gasteiger partial charge in [0, 0.05) is 26.2 Å². The zero-order valence-electron chi connectivity index (χ0n) is 14.9. The van der Waals surface area contributed by atoms with Gasteiger partial charge in [0.05, 0.1) is 24.8 Å². The number of carbonyl (C=O) groups is 2. The number of phenolic OH excluding ortho intramolecular Hbond substituents is 1. The van der Waals surface area contributed by atoms with Crippen molar-refractivity contribution in [3.05, 3.63) is 41.2 Å². The van der Waals surface area contributed by atoms with E-state index < -0.39 is 17.7 Å². The molecule has 0 aliphatic carbocycles. The van der Waals surface area contributed by atoms with Crippen LogP contribution in [0.25, 0.3) is 0 Å². The summed E-state index contributed by atoms with van der Waals surface area (Å²) in [4.78, 5) is 28.4. The number of carbonyl (C=O) groups excluding carboxylic acids is 2. The van der Waals surface area contributed by atoms with Crippen LogP contribution in [0.15, 0.2) is 35.6 Å². The molecule has 1 amide bonds. The molecular weight excluding hydrogens is 336 g/mol. The van der Waals surface area contributed by atoms with Gasteiger partial charge >= 0.3 is 0 Å². The number of aliphatic hydroxyl groups is 1. The van der Waals surface area contributed by atoms with Gasteiger partial charge in [-0.2, -0.15) is 0 Å². The van der Waals surface area contributed by atoms with Crippen molar-refractivity contribution in [2.45, 2.75) is 19.4 Å². The second-order valence-electron chi connectivity index (χ2n) is 6.62. The van der Waals surface area contributed by atoms with Gasteiger partial charge in [-0.05, 0) is 31.0 Å². The maximum atomic E-state index is 12.5. The van der Waals surface area contributed by atoms with Crippen molar-refractivity contribution in [2.24, 2.45) is 0 Å². The number of aromatic hydroxyl groups is 1. The predicted octanol–water partition coefficient (Wildman–Crippen LogP) is 1.40. The van der Waals surface area contributed by atoms with Crippen LogP contribution in [0.3, 0.4) is 0 Å². The van der Waals surface area contributed by atoms with Crippen LogP contribution in [0.1, 0.15) is 24.9 Å². The van der Waals surface area contributed by atoms with E-state index in [1.54, 1.807) is 17.0 Å². The van der Waals surface area contributed by atoms with E-state index in [1.165, 1.54) is 19.1 Å². The van der Waals surface area contributed by atoms with Gasteiger partial charge in [-0.3, -0.25) is 14.5 Å². The fourth-order valence-electron chi connectivity index (χ4n) is 3.54. The molecule has 3 rings (SSSR count). The normalized spacial score (nSPS) is 21.5. The van der Waals surface area contributed by atoms with Crippen molar-refractivity contribution >= 4 is 11.7 Å². The Morgan fingerprint density at radius 1 is 1.15 bits per heavy atom. The number of hydrogen-bond acceptors (Lipinski definition) is 6. The highest BCUT2D eigenvalue weighted by Gasteiger charge is 2.42. The maximum absolute atomic E-state index is 12.5. The van der Waals surface area contributed by atoms with Crippen molar-refractivity contribution in [3.8, 4) is 5.75 Å². The number of ether oxygens (including phenoxy) is 1. The van der Waals surface area contributed by atoms with Gasteiger partial charge in [0.25, 0.3) is 5.91 Å². The van der Waals surface area contributed by atoms with Gasteiger partial charge in [-0.15, -0.1) is 0 Å². The largest absolute Gasteiger partial charge is 0.508 e. The number of Topliss-reactive ketones (excluding diaryl/α,β-unsaturated/α-hetero) is 1. The summed E-state index contributed by atoms with van der Waals surface area (Å²) in [6.45, 7) is 5.79. The average molecular weight is 360 g/mol. The molecule has 0 saturated carbocycles. The number of phenols is 1. The quantitative estimate of drug-likeness (QED) is 0.797. The molecule has 1 unspecified atom stereocenters. The second-order valence-corrected chi connectivity index (χ2v) is 6.62. The van der Waals surface area contributed by atoms with Gasteiger partial charge in [0.1, 0.15) is 5.75 Å². The summed E-state index contributed by atoms with van der Waals surface area (Å²) < 4.78 is 5.33. The molecule has 0 bridgehead atoms. The van der Waals surface area contributed by atoms with Crippen LogP contribution in [-0.4, -0.2) is 71.1 Å². The average Bonchev–Trinajstić information content (AvgIpc) is 2.88. The molecule has 2 aliphatic rings. The zero-order valence-corrected chi connectivity index (χ0v) is 14.9. The Bertz CT molecular complexity index is 707. The molecule has 2 N–H and O–H groups in total. The molecule has 2 aliphatic heterocycles. The van der Waals surface area contributed by atoms with Crippen molar-refractivity contribution in [1.82, 2.24) is 9.80 Å². The summed E-state index contributed by atoms with van der Waals surface area (Å²) in [5.74, 6) is -1.21. The Morgan fingerprint density at radius 3 is 2.42 bits per heavy atom. The lowest BCUT2D eigenvalue weighted by atomic mass is 9.96. The van der Waals surface area contributed by atoms with Crippen LogP contribution in [0.2, 0.25) is 0 Å². The van der Waals surface area contributed by atoms with Gasteiger partial charge in [-0.1, -0.05) is 12.1 Å². The Hall–Kier alpha value is -2.38. The minimum absolute atomic E-state index is 0.106. The van der Waals surface area contributed by atoms with E-state index in [1.807, 2.05) is 0 Å². The van der Waals surface area contributed by atoms with Crippen LogP contribution in [0.5, 0.6) is 5.75 Å². The predicted molar refractivity (Wildman–Crippen MR) is 94.8 cm³/mol. The third-order valence-corrected chi connectivity index (χ3v) is 4.87. The molecule has 1 fully saturated rings. The van der Waals surface area contributed by atoms with E-state index in [0.29, 0.717) is 12.1 Å². The van der Waals surface area contributed by atoms with Crippen molar-refractivity contribution in [1.29, 1.82) is 0 Å². The Labute approximate surface area is 152 Å². The van der Waals surface area contributed by atoms with Crippen molar-refractivity contribution in [3.63, 3.8) is 0 Å². The topological polar surface area (TPSA) is 90.3 Å². The fraction of sp³-hybridized carbons (Fsp3) is 0.474. The molecule has 1 aromatic carbocycles. The van der Waals surface area contributed by atoms with E-state index in [-0.39, 0.29) is 17.1 Å². The first-order valence-corrected chi connectivity index (χ1v) is 8.83. The molecule has 0 aromatic heterocycles. The maximum Gasteiger partial charge on any atom is 0.290 e. The van der Waals surface area contributed by atoms with E-state index in [9.17, 15) is 19.8 Å². The third kappa shape index (κ3) is 3.73. The fourth-order valence-corrected chi connectivity index (χ4v) is 3.54. The monoisotopic (exact) mass is 360 g/mol. The van der Waals surface area contributed by atoms with Crippen LogP contribution in [0.4, 0.5) is 0 Å². The summed E-state index contributed by atoms with van der Waals surface area (Å²) in [5.41, 5.74) is 0.809. The molecule has 1 aromatic rings. The van der Waals surface area contributed by atoms with E-state index in [0.717, 1.165) is 39.3 Å². The Balaban J connectivity index is 1.76. The Morgan fingerprint density at radius 2 is 1.81 bits per heavy atom. The molecule has 0 radical (unpaired) electrons. The molecule has 1 saturated heterocycles. The van der Waals surface area contributed by atoms with E-state index >= 15 is 0 Å². The van der Waals surface area contributed by atoms with Crippen LogP contribution < -0.4 is 0 Å². The smallest absolute Gasteiger partial charge is 0.290 e. The van der Waals surface area contributed by atoms with E-state index in [4.69, 9.17) is 4.74 Å². The summed E-state index contributed by atoms with van der Waals surface area (Å²) in [6, 6.07) is 5.75. The first kappa shape index (κ1) is 18.4. The molecule has 140 valence electrons. The summed E-state index contributed by atoms with van der Waals surface area (Å²) in [7, 11) is 0. The standard InChI is InChI=1S/C19H24N2O5/c1-13(22)16-17(14-3-5-15(23)6-4-14)21(19(25)18(16)24)8-2-7-20-9-11-26-12-10-20/h3-6,17,23-24H,2,7-12H2,1H3. The van der Waals surface area contributed by atoms with Crippen molar-refractivity contribution in [2.75, 3.05) is 39.4 Å². The van der Waals surface area contributed by atoms with E-state index in [2.05, 4.69) is 4.90 Å². The summed E-state index contributed by atoms with van der Waals surface area (Å²) in [5, 5.41) is 19.7. The Kier molecular flexibility index (Phi) is 5.58. The number of morpholine rings is 1. The molecule has 26 heavy (non-hydrogen) atoms. The summed E-state index contributed by atoms with van der Waals surface area (Å²) in [6.07, 6.45) is 0.735. The second kappa shape index (κ2) is 7.88. The third-order valence-electron chi connectivity index (χ3n) is 4.87. The number of amides is 1. The molecule has 7 heteroatoms. The van der Waals surface area contributed by atoms with Crippen LogP contribution >= 0.6 is 0 Å². The summed E-state index contributed by atoms with van der Waals surface area (Å²) >= 11 is 0. The highest BCUT2D eigenvalue weighted by molar-refractivity contribution is 6.08. The van der Waals surface area contributed by atoms with Gasteiger partial charge in [-0.25, -0.2) is 0 Å². The zero-order chi connectivity index (χ0) is 18.7. The highest BCUT2D eigenvalue weighted by Crippen LogP contribution is 2.38. The number of nitrogens with zero attached hydrogens (tertiary/aromatic N) is 2. The molecular formula is C19H24N2O5. The number of rotatable bonds is 6. The number of aliphatic hydroxyl groups excluding tert-OH is 1. The SMILES string of the molecule is CC(=O)C1=C(O)C(=O)N(CCCN2CCOCC2)C1c1ccc(O)cc1. The minimum Gasteiger partial charge on any atom is -0.508 e. The van der Waals surface area contributed by atoms with Gasteiger partial charge < -0.3 is 19.8 Å². The molecule has 7 nitrogen and oxygen atoms in total. The molecule has 1 atom stereocenters. The molecule has 0 spiro atoms. The van der Waals surface area contributed by atoms with Crippen LogP contribution in [-0.2, 0) is 14.3 Å². The first-order chi connectivity index (χ1) is 12.5. The lowest BCUT2D eigenvalue weighted by molar-refractivity contribution is -0.129. The van der Waals surface area contributed by atoms with Gasteiger partial charge in [0.2, 0.25) is 0 Å². The number of benzene rings is 1. The van der Waals surface area contributed by atoms with Gasteiger partial charge in [0.15, 0.2) is 11.5 Å². The van der Waals surface area contributed by atoms with Crippen LogP contribution in [0, 0.1) is 0 Å². The first-order valence-electron chi connectivity index (χ1n) is 8.83. The minimum atomic E-state index is -0.620. The molecule has 2 heterocycles. The number of ketones is 1. The highest BCUT2D eigenvalue weighted by atomic mass is 16.5. The van der Waals surface area contributed by atoms with Crippen molar-refractivity contribution < 1.29 is 24.5 Å². The lowest BCUT2D eigenvalue weighted by Gasteiger charge is -2.29. The lowest BCUT2D eigenvalue weighted by Crippen LogP contribution is -2.39. The number of hydrogen-bond donors (Lipinski definition) is 2.